The Hall–Kier alpha value is -2.81. The van der Waals surface area contributed by atoms with E-state index in [0.29, 0.717) is 5.92 Å². The molecule has 1 aliphatic rings. The summed E-state index contributed by atoms with van der Waals surface area (Å²) in [6, 6.07) is 15.4. The Morgan fingerprint density at radius 2 is 1.84 bits per heavy atom. The SMILES string of the molecule is Cc1ccn(-c2cc(-c3ccc4c(c3)C=CCN4)ccc2C(C)C)n1. The van der Waals surface area contributed by atoms with Crippen LogP contribution < -0.4 is 5.32 Å². The summed E-state index contributed by atoms with van der Waals surface area (Å²) >= 11 is 0. The minimum absolute atomic E-state index is 0.448. The van der Waals surface area contributed by atoms with E-state index in [2.05, 4.69) is 72.8 Å². The van der Waals surface area contributed by atoms with Gasteiger partial charge < -0.3 is 5.32 Å². The van der Waals surface area contributed by atoms with Crippen LogP contribution in [0.3, 0.4) is 0 Å². The summed E-state index contributed by atoms with van der Waals surface area (Å²) < 4.78 is 1.99. The zero-order valence-corrected chi connectivity index (χ0v) is 15.0. The molecule has 3 heteroatoms. The van der Waals surface area contributed by atoms with Crippen molar-refractivity contribution in [2.45, 2.75) is 26.7 Å². The summed E-state index contributed by atoms with van der Waals surface area (Å²) in [5.74, 6) is 0.448. The van der Waals surface area contributed by atoms with Crippen LogP contribution in [0.15, 0.2) is 54.7 Å². The number of benzene rings is 2. The van der Waals surface area contributed by atoms with Gasteiger partial charge in [0.15, 0.2) is 0 Å². The smallest absolute Gasteiger partial charge is 0.0686 e. The van der Waals surface area contributed by atoms with Crippen molar-refractivity contribution in [1.29, 1.82) is 0 Å². The third kappa shape index (κ3) is 2.98. The minimum Gasteiger partial charge on any atom is -0.381 e. The molecule has 1 aromatic heterocycles. The van der Waals surface area contributed by atoms with Gasteiger partial charge in [-0.2, -0.15) is 5.10 Å². The molecule has 0 bridgehead atoms. The van der Waals surface area contributed by atoms with Gasteiger partial charge in [-0.25, -0.2) is 4.68 Å². The molecule has 0 spiro atoms. The first-order chi connectivity index (χ1) is 12.1. The van der Waals surface area contributed by atoms with Crippen molar-refractivity contribution in [3.05, 3.63) is 71.6 Å². The number of fused-ring (bicyclic) bond motifs is 1. The Labute approximate surface area is 149 Å². The lowest BCUT2D eigenvalue weighted by Crippen LogP contribution is -2.04. The van der Waals surface area contributed by atoms with Gasteiger partial charge in [-0.15, -0.1) is 0 Å². The molecule has 25 heavy (non-hydrogen) atoms. The fourth-order valence-electron chi connectivity index (χ4n) is 3.36. The molecular weight excluding hydrogens is 306 g/mol. The molecule has 1 aliphatic heterocycles. The quantitative estimate of drug-likeness (QED) is 0.696. The van der Waals surface area contributed by atoms with Crippen LogP contribution >= 0.6 is 0 Å². The van der Waals surface area contributed by atoms with Crippen molar-refractivity contribution in [3.8, 4) is 16.8 Å². The average molecular weight is 329 g/mol. The molecule has 0 unspecified atom stereocenters. The Morgan fingerprint density at radius 3 is 2.60 bits per heavy atom. The van der Waals surface area contributed by atoms with E-state index in [1.165, 1.54) is 27.9 Å². The summed E-state index contributed by atoms with van der Waals surface area (Å²) in [6.45, 7) is 7.38. The third-order valence-corrected chi connectivity index (χ3v) is 4.71. The molecule has 0 fully saturated rings. The van der Waals surface area contributed by atoms with E-state index >= 15 is 0 Å². The van der Waals surface area contributed by atoms with Crippen LogP contribution in [0.2, 0.25) is 0 Å². The second kappa shape index (κ2) is 6.25. The van der Waals surface area contributed by atoms with Gasteiger partial charge in [0, 0.05) is 18.4 Å². The first-order valence-electron chi connectivity index (χ1n) is 8.83. The van der Waals surface area contributed by atoms with Gasteiger partial charge in [0.1, 0.15) is 0 Å². The molecule has 0 amide bonds. The van der Waals surface area contributed by atoms with E-state index in [1.54, 1.807) is 0 Å². The van der Waals surface area contributed by atoms with Crippen molar-refractivity contribution >= 4 is 11.8 Å². The highest BCUT2D eigenvalue weighted by Gasteiger charge is 2.12. The second-order valence-corrected chi connectivity index (χ2v) is 6.92. The molecule has 0 radical (unpaired) electrons. The molecule has 3 nitrogen and oxygen atoms in total. The summed E-state index contributed by atoms with van der Waals surface area (Å²) in [4.78, 5) is 0. The van der Waals surface area contributed by atoms with Crippen molar-refractivity contribution in [3.63, 3.8) is 0 Å². The molecule has 126 valence electrons. The number of nitrogens with zero attached hydrogens (tertiary/aromatic N) is 2. The van der Waals surface area contributed by atoms with Gasteiger partial charge in [0.05, 0.1) is 11.4 Å². The van der Waals surface area contributed by atoms with Gasteiger partial charge in [-0.05, 0) is 59.4 Å². The highest BCUT2D eigenvalue weighted by molar-refractivity contribution is 5.77. The van der Waals surface area contributed by atoms with E-state index in [0.717, 1.165) is 17.9 Å². The Bertz CT molecular complexity index is 948. The predicted molar refractivity (Wildman–Crippen MR) is 105 cm³/mol. The van der Waals surface area contributed by atoms with Gasteiger partial charge in [-0.1, -0.05) is 44.2 Å². The number of hydrogen-bond acceptors (Lipinski definition) is 2. The Morgan fingerprint density at radius 1 is 1.04 bits per heavy atom. The lowest BCUT2D eigenvalue weighted by atomic mass is 9.95. The topological polar surface area (TPSA) is 29.9 Å². The van der Waals surface area contributed by atoms with E-state index in [9.17, 15) is 0 Å². The van der Waals surface area contributed by atoms with Crippen molar-refractivity contribution in [2.24, 2.45) is 0 Å². The van der Waals surface area contributed by atoms with Crippen LogP contribution in [0.4, 0.5) is 5.69 Å². The van der Waals surface area contributed by atoms with Crippen LogP contribution in [0.25, 0.3) is 22.9 Å². The average Bonchev–Trinajstić information content (AvgIpc) is 3.07. The normalized spacial score (nSPS) is 13.0. The van der Waals surface area contributed by atoms with Crippen LogP contribution in [0, 0.1) is 6.92 Å². The number of aryl methyl sites for hydroxylation is 1. The first-order valence-corrected chi connectivity index (χ1v) is 8.83. The molecule has 0 aliphatic carbocycles. The Balaban J connectivity index is 1.83. The summed E-state index contributed by atoms with van der Waals surface area (Å²) in [7, 11) is 0. The maximum absolute atomic E-state index is 4.62. The van der Waals surface area contributed by atoms with Crippen molar-refractivity contribution in [2.75, 3.05) is 11.9 Å². The van der Waals surface area contributed by atoms with Gasteiger partial charge >= 0.3 is 0 Å². The summed E-state index contributed by atoms with van der Waals surface area (Å²) in [5, 5.41) is 8.03. The zero-order chi connectivity index (χ0) is 17.4. The highest BCUT2D eigenvalue weighted by Crippen LogP contribution is 2.32. The first kappa shape index (κ1) is 15.7. The van der Waals surface area contributed by atoms with Crippen LogP contribution in [-0.4, -0.2) is 16.3 Å². The molecule has 0 saturated carbocycles. The van der Waals surface area contributed by atoms with E-state index in [-0.39, 0.29) is 0 Å². The minimum atomic E-state index is 0.448. The summed E-state index contributed by atoms with van der Waals surface area (Å²) in [5.41, 5.74) is 8.39. The maximum Gasteiger partial charge on any atom is 0.0686 e. The monoisotopic (exact) mass is 329 g/mol. The lowest BCUT2D eigenvalue weighted by molar-refractivity contribution is 0.802. The van der Waals surface area contributed by atoms with Gasteiger partial charge in [0.25, 0.3) is 0 Å². The molecule has 4 rings (SSSR count). The fraction of sp³-hybridized carbons (Fsp3) is 0.227. The van der Waals surface area contributed by atoms with Crippen LogP contribution in [0.5, 0.6) is 0 Å². The van der Waals surface area contributed by atoms with Crippen molar-refractivity contribution < 1.29 is 0 Å². The number of nitrogens with one attached hydrogen (secondary N) is 1. The molecular formula is C22H23N3. The molecule has 1 N–H and O–H groups in total. The molecule has 3 aromatic rings. The van der Waals surface area contributed by atoms with Crippen LogP contribution in [0.1, 0.15) is 36.6 Å². The summed E-state index contributed by atoms with van der Waals surface area (Å²) in [6.07, 6.45) is 6.39. The van der Waals surface area contributed by atoms with E-state index < -0.39 is 0 Å². The molecule has 0 atom stereocenters. The zero-order valence-electron chi connectivity index (χ0n) is 15.0. The number of aromatic nitrogens is 2. The highest BCUT2D eigenvalue weighted by atomic mass is 15.3. The van der Waals surface area contributed by atoms with Crippen molar-refractivity contribution in [1.82, 2.24) is 9.78 Å². The van der Waals surface area contributed by atoms with E-state index in [4.69, 9.17) is 0 Å². The predicted octanol–water partition coefficient (Wildman–Crippen LogP) is 5.41. The largest absolute Gasteiger partial charge is 0.381 e. The number of anilines is 1. The van der Waals surface area contributed by atoms with Gasteiger partial charge in [-0.3, -0.25) is 0 Å². The lowest BCUT2D eigenvalue weighted by Gasteiger charge is -2.17. The Kier molecular flexibility index (Phi) is 3.92. The third-order valence-electron chi connectivity index (χ3n) is 4.71. The van der Waals surface area contributed by atoms with E-state index in [1.807, 2.05) is 23.9 Å². The second-order valence-electron chi connectivity index (χ2n) is 6.92. The van der Waals surface area contributed by atoms with Gasteiger partial charge in [0.2, 0.25) is 0 Å². The van der Waals surface area contributed by atoms with Crippen LogP contribution in [-0.2, 0) is 0 Å². The standard InChI is InChI=1S/C22H23N3/c1-15(2)20-8-6-18(14-22(20)25-12-10-16(3)24-25)17-7-9-21-19(13-17)5-4-11-23-21/h4-10,12-15,23H,11H2,1-3H3. The fourth-order valence-corrected chi connectivity index (χ4v) is 3.36. The molecule has 2 aromatic carbocycles. The maximum atomic E-state index is 4.62. The molecule has 0 saturated heterocycles. The number of hydrogen-bond donors (Lipinski definition) is 1. The molecule has 2 heterocycles. The number of rotatable bonds is 3.